The Hall–Kier alpha value is -0.950. The molecule has 1 saturated carbocycles. The Balaban J connectivity index is 2.30. The molecule has 0 aliphatic heterocycles. The van der Waals surface area contributed by atoms with E-state index < -0.39 is 18.2 Å². The standard InChI is InChI=1S/C15H15BrClF3O3/c1-2-22-13(21)14(4-3-5-14)9-6-10(16)12(11(17)7-9)23-8-15(18,19)20/h6-7H,2-5,8H2,1H3. The fourth-order valence-corrected chi connectivity index (χ4v) is 3.50. The number of ether oxygens (including phenoxy) is 2. The van der Waals surface area contributed by atoms with E-state index in [4.69, 9.17) is 21.1 Å². The van der Waals surface area contributed by atoms with Gasteiger partial charge in [0.15, 0.2) is 12.4 Å². The van der Waals surface area contributed by atoms with Crippen molar-refractivity contribution in [1.82, 2.24) is 0 Å². The van der Waals surface area contributed by atoms with Gasteiger partial charge in [-0.25, -0.2) is 0 Å². The van der Waals surface area contributed by atoms with Crippen LogP contribution in [0.3, 0.4) is 0 Å². The molecule has 0 unspecified atom stereocenters. The number of hydrogen-bond acceptors (Lipinski definition) is 3. The topological polar surface area (TPSA) is 35.5 Å². The zero-order valence-corrected chi connectivity index (χ0v) is 14.6. The Morgan fingerprint density at radius 1 is 1.39 bits per heavy atom. The van der Waals surface area contributed by atoms with Gasteiger partial charge in [0.25, 0.3) is 0 Å². The molecule has 1 fully saturated rings. The van der Waals surface area contributed by atoms with Crippen molar-refractivity contribution in [3.63, 3.8) is 0 Å². The Kier molecular flexibility index (Phi) is 5.51. The predicted octanol–water partition coefficient (Wildman–Crippen LogP) is 5.03. The molecule has 0 heterocycles. The lowest BCUT2D eigenvalue weighted by molar-refractivity contribution is -0.154. The lowest BCUT2D eigenvalue weighted by atomic mass is 9.64. The molecule has 23 heavy (non-hydrogen) atoms. The molecular weight excluding hydrogens is 401 g/mol. The van der Waals surface area contributed by atoms with Crippen LogP contribution in [0.25, 0.3) is 0 Å². The Morgan fingerprint density at radius 2 is 2.04 bits per heavy atom. The van der Waals surface area contributed by atoms with Gasteiger partial charge in [-0.15, -0.1) is 0 Å². The smallest absolute Gasteiger partial charge is 0.422 e. The normalized spacial score (nSPS) is 16.6. The molecule has 0 saturated heterocycles. The number of halogens is 5. The van der Waals surface area contributed by atoms with Crippen molar-refractivity contribution in [1.29, 1.82) is 0 Å². The first-order valence-electron chi connectivity index (χ1n) is 7.06. The average molecular weight is 416 g/mol. The number of carbonyl (C=O) groups is 1. The Morgan fingerprint density at radius 3 is 2.48 bits per heavy atom. The summed E-state index contributed by atoms with van der Waals surface area (Å²) in [5, 5.41) is 0.0224. The van der Waals surface area contributed by atoms with Gasteiger partial charge >= 0.3 is 12.1 Å². The van der Waals surface area contributed by atoms with Crippen LogP contribution >= 0.6 is 27.5 Å². The van der Waals surface area contributed by atoms with Crippen LogP contribution in [0.15, 0.2) is 16.6 Å². The molecule has 1 aliphatic carbocycles. The van der Waals surface area contributed by atoms with Crippen LogP contribution in [0.1, 0.15) is 31.7 Å². The molecule has 8 heteroatoms. The lowest BCUT2D eigenvalue weighted by Crippen LogP contribution is -2.43. The van der Waals surface area contributed by atoms with Gasteiger partial charge in [-0.3, -0.25) is 4.79 Å². The molecule has 0 N–H and O–H groups in total. The van der Waals surface area contributed by atoms with E-state index in [0.29, 0.717) is 18.4 Å². The van der Waals surface area contributed by atoms with Crippen molar-refractivity contribution < 1.29 is 27.4 Å². The maximum atomic E-state index is 12.3. The van der Waals surface area contributed by atoms with Crippen LogP contribution in [0.5, 0.6) is 5.75 Å². The Labute approximate surface area is 145 Å². The molecule has 3 nitrogen and oxygen atoms in total. The van der Waals surface area contributed by atoms with Crippen LogP contribution in [-0.2, 0) is 14.9 Å². The van der Waals surface area contributed by atoms with Crippen molar-refractivity contribution in [2.45, 2.75) is 37.8 Å². The highest BCUT2D eigenvalue weighted by Gasteiger charge is 2.47. The largest absolute Gasteiger partial charge is 0.481 e. The second-order valence-corrected chi connectivity index (χ2v) is 6.59. The summed E-state index contributed by atoms with van der Waals surface area (Å²) in [6, 6.07) is 3.06. The summed E-state index contributed by atoms with van der Waals surface area (Å²) in [5.74, 6) is -0.427. The van der Waals surface area contributed by atoms with Crippen LogP contribution < -0.4 is 4.74 Å². The Bertz CT molecular complexity index is 577. The van der Waals surface area contributed by atoms with Crippen LogP contribution in [-0.4, -0.2) is 25.4 Å². The number of benzene rings is 1. The maximum absolute atomic E-state index is 12.3. The van der Waals surface area contributed by atoms with Crippen molar-refractivity contribution in [3.8, 4) is 5.75 Å². The van der Waals surface area contributed by atoms with E-state index >= 15 is 0 Å². The van der Waals surface area contributed by atoms with E-state index in [-0.39, 0.29) is 27.8 Å². The number of carbonyl (C=O) groups excluding carboxylic acids is 1. The van der Waals surface area contributed by atoms with Crippen molar-refractivity contribution in [2.75, 3.05) is 13.2 Å². The number of esters is 1. The maximum Gasteiger partial charge on any atom is 0.422 e. The minimum Gasteiger partial charge on any atom is -0.481 e. The third-order valence-electron chi connectivity index (χ3n) is 3.80. The van der Waals surface area contributed by atoms with Crippen molar-refractivity contribution in [3.05, 3.63) is 27.2 Å². The van der Waals surface area contributed by atoms with Gasteiger partial charge in [0, 0.05) is 0 Å². The predicted molar refractivity (Wildman–Crippen MR) is 82.9 cm³/mol. The average Bonchev–Trinajstić information content (AvgIpc) is 2.35. The monoisotopic (exact) mass is 414 g/mol. The van der Waals surface area contributed by atoms with E-state index in [9.17, 15) is 18.0 Å². The summed E-state index contributed by atoms with van der Waals surface area (Å²) in [6.45, 7) is 0.553. The van der Waals surface area contributed by atoms with Crippen molar-refractivity contribution >= 4 is 33.5 Å². The number of alkyl halides is 3. The first-order chi connectivity index (χ1) is 10.7. The number of rotatable bonds is 5. The highest BCUT2D eigenvalue weighted by atomic mass is 79.9. The summed E-state index contributed by atoms with van der Waals surface area (Å²) in [5.41, 5.74) is -0.150. The summed E-state index contributed by atoms with van der Waals surface area (Å²) in [6.07, 6.45) is -2.34. The number of hydrogen-bond donors (Lipinski definition) is 0. The fourth-order valence-electron chi connectivity index (χ4n) is 2.54. The van der Waals surface area contributed by atoms with E-state index in [1.807, 2.05) is 0 Å². The zero-order valence-electron chi connectivity index (χ0n) is 12.3. The first kappa shape index (κ1) is 18.4. The van der Waals surface area contributed by atoms with E-state index in [1.54, 1.807) is 13.0 Å². The van der Waals surface area contributed by atoms with E-state index in [1.165, 1.54) is 6.07 Å². The molecule has 0 atom stereocenters. The summed E-state index contributed by atoms with van der Waals surface area (Å²) in [7, 11) is 0. The van der Waals surface area contributed by atoms with Gasteiger partial charge < -0.3 is 9.47 Å². The van der Waals surface area contributed by atoms with E-state index in [0.717, 1.165) is 6.42 Å². The van der Waals surface area contributed by atoms with E-state index in [2.05, 4.69) is 15.9 Å². The summed E-state index contributed by atoms with van der Waals surface area (Å²) >= 11 is 9.23. The quantitative estimate of drug-likeness (QED) is 0.633. The van der Waals surface area contributed by atoms with Gasteiger partial charge in [-0.1, -0.05) is 18.0 Å². The van der Waals surface area contributed by atoms with Gasteiger partial charge in [0.2, 0.25) is 0 Å². The van der Waals surface area contributed by atoms with Crippen molar-refractivity contribution in [2.24, 2.45) is 0 Å². The lowest BCUT2D eigenvalue weighted by Gasteiger charge is -2.40. The summed E-state index contributed by atoms with van der Waals surface area (Å²) < 4.78 is 47.0. The minimum atomic E-state index is -4.46. The molecule has 0 aromatic heterocycles. The van der Waals surface area contributed by atoms with Crippen LogP contribution in [0, 0.1) is 0 Å². The third-order valence-corrected chi connectivity index (χ3v) is 4.67. The molecule has 0 spiro atoms. The molecule has 0 amide bonds. The second kappa shape index (κ2) is 6.89. The molecule has 1 aromatic rings. The SMILES string of the molecule is CCOC(=O)C1(c2cc(Cl)c(OCC(F)(F)F)c(Br)c2)CCC1. The van der Waals surface area contributed by atoms with Gasteiger partial charge in [0.1, 0.15) is 0 Å². The zero-order chi connectivity index (χ0) is 17.3. The van der Waals surface area contributed by atoms with Crippen LogP contribution in [0.4, 0.5) is 13.2 Å². The molecule has 0 radical (unpaired) electrons. The molecule has 128 valence electrons. The van der Waals surface area contributed by atoms with Gasteiger partial charge in [0.05, 0.1) is 21.5 Å². The highest BCUT2D eigenvalue weighted by Crippen LogP contribution is 2.48. The van der Waals surface area contributed by atoms with Crippen LogP contribution in [0.2, 0.25) is 5.02 Å². The second-order valence-electron chi connectivity index (χ2n) is 5.33. The highest BCUT2D eigenvalue weighted by molar-refractivity contribution is 9.10. The van der Waals surface area contributed by atoms with Gasteiger partial charge in [-0.2, -0.15) is 13.2 Å². The fraction of sp³-hybridized carbons (Fsp3) is 0.533. The molecule has 1 aromatic carbocycles. The third kappa shape index (κ3) is 3.94. The minimum absolute atomic E-state index is 0.0224. The molecular formula is C15H15BrClF3O3. The first-order valence-corrected chi connectivity index (χ1v) is 8.23. The molecule has 2 rings (SSSR count). The molecule has 1 aliphatic rings. The van der Waals surface area contributed by atoms with Gasteiger partial charge in [-0.05, 0) is 53.4 Å². The summed E-state index contributed by atoms with van der Waals surface area (Å²) in [4.78, 5) is 12.3. The molecule has 0 bridgehead atoms.